The van der Waals surface area contributed by atoms with E-state index in [1.54, 1.807) is 60.2 Å². The summed E-state index contributed by atoms with van der Waals surface area (Å²) in [5, 5.41) is 19.3. The highest BCUT2D eigenvalue weighted by Gasteiger charge is 2.58. The molecule has 2 saturated heterocycles. The zero-order valence-corrected chi connectivity index (χ0v) is 36.0. The minimum atomic E-state index is -0.144. The zero-order valence-electron chi connectivity index (χ0n) is 34.3. The van der Waals surface area contributed by atoms with Gasteiger partial charge in [-0.3, -0.25) is 9.97 Å². The number of hydrogen-bond donors (Lipinski definition) is 0. The Morgan fingerprint density at radius 2 is 1.03 bits per heavy atom. The van der Waals surface area contributed by atoms with Gasteiger partial charge in [0.1, 0.15) is 11.6 Å². The molecule has 14 heteroatoms. The van der Waals surface area contributed by atoms with Crippen LogP contribution in [0.2, 0.25) is 0 Å². The lowest BCUT2D eigenvalue weighted by atomic mass is 9.98. The summed E-state index contributed by atoms with van der Waals surface area (Å²) in [6.45, 7) is 6.95. The Morgan fingerprint density at radius 1 is 0.600 bits per heavy atom. The number of rotatable bonds is 14. The number of halogens is 2. The maximum atomic E-state index is 13.2. The minimum Gasteiger partial charge on any atom is -0.305 e. The van der Waals surface area contributed by atoms with Gasteiger partial charge in [0.25, 0.3) is 0 Å². The van der Waals surface area contributed by atoms with Crippen LogP contribution >= 0.6 is 23.5 Å². The quantitative estimate of drug-likeness (QED) is 0.0783. The van der Waals surface area contributed by atoms with Crippen molar-refractivity contribution in [3.63, 3.8) is 0 Å². The number of pyridine rings is 2. The first kappa shape index (κ1) is 40.9. The van der Waals surface area contributed by atoms with Crippen molar-refractivity contribution >= 4 is 23.5 Å². The second kappa shape index (κ2) is 17.8. The monoisotopic (exact) mass is 846 g/mol. The minimum absolute atomic E-state index is 0.144. The molecule has 0 radical (unpaired) electrons. The second-order valence-electron chi connectivity index (χ2n) is 17.0. The fourth-order valence-corrected chi connectivity index (χ4v) is 11.2. The Bertz CT molecular complexity index is 2180. The molecule has 2 aliphatic carbocycles. The highest BCUT2D eigenvalue weighted by molar-refractivity contribution is 7.99. The summed E-state index contributed by atoms with van der Waals surface area (Å²) in [5.41, 5.74) is 5.46. The Kier molecular flexibility index (Phi) is 12.2. The maximum Gasteiger partial charge on any atom is 0.191 e. The van der Waals surface area contributed by atoms with Gasteiger partial charge in [0, 0.05) is 74.6 Å². The maximum absolute atomic E-state index is 13.2. The molecular weight excluding hydrogens is 795 g/mol. The average Bonchev–Trinajstić information content (AvgIpc) is 3.80. The van der Waals surface area contributed by atoms with Crippen LogP contribution in [0.1, 0.15) is 61.5 Å². The molecule has 4 fully saturated rings. The molecule has 0 bridgehead atoms. The molecule has 10 nitrogen and oxygen atoms in total. The van der Waals surface area contributed by atoms with Crippen LogP contribution in [0.4, 0.5) is 8.78 Å². The molecule has 0 N–H and O–H groups in total. The number of aromatic nitrogens is 8. The van der Waals surface area contributed by atoms with Crippen molar-refractivity contribution in [1.29, 1.82) is 0 Å². The molecule has 60 heavy (non-hydrogen) atoms. The molecular formula is C46H52F2N10S2. The van der Waals surface area contributed by atoms with Gasteiger partial charge in [-0.25, -0.2) is 8.78 Å². The van der Waals surface area contributed by atoms with Crippen LogP contribution in [-0.4, -0.2) is 100 Å². The standard InChI is InChI=1S/2C23H26FN5S/c2*1-28-21(18-4-2-10-25-15-18)26-27-22(28)30-13-3-11-29-12-9-23(16-29)14-20(23)17-5-7-19(24)8-6-17/h2*2,4-8,10,15,20H,3,9,11-14,16H2,1H3/t2*20-,23+/m10/s1. The summed E-state index contributed by atoms with van der Waals surface area (Å²) in [5.74, 6) is 4.71. The predicted octanol–water partition coefficient (Wildman–Crippen LogP) is 8.76. The van der Waals surface area contributed by atoms with Crippen molar-refractivity contribution in [3.05, 3.63) is 120 Å². The Morgan fingerprint density at radius 3 is 1.43 bits per heavy atom. The van der Waals surface area contributed by atoms with E-state index in [0.29, 0.717) is 22.7 Å². The van der Waals surface area contributed by atoms with Gasteiger partial charge in [-0.2, -0.15) is 0 Å². The lowest BCUT2D eigenvalue weighted by Gasteiger charge is -2.16. The van der Waals surface area contributed by atoms with Gasteiger partial charge in [-0.05, 0) is 147 Å². The van der Waals surface area contributed by atoms with Gasteiger partial charge in [-0.1, -0.05) is 47.8 Å². The lowest BCUT2D eigenvalue weighted by molar-refractivity contribution is 0.319. The number of likely N-dealkylation sites (tertiary alicyclic amines) is 2. The Labute approximate surface area is 359 Å². The van der Waals surface area contributed by atoms with Gasteiger partial charge in [0.15, 0.2) is 22.0 Å². The topological polar surface area (TPSA) is 93.7 Å². The van der Waals surface area contributed by atoms with E-state index in [1.807, 2.05) is 84.2 Å². The molecule has 2 saturated carbocycles. The molecule has 2 aliphatic heterocycles. The summed E-state index contributed by atoms with van der Waals surface area (Å²) < 4.78 is 30.5. The van der Waals surface area contributed by atoms with Gasteiger partial charge < -0.3 is 18.9 Å². The first-order valence-corrected chi connectivity index (χ1v) is 23.1. The number of thioether (sulfide) groups is 2. The molecule has 0 unspecified atom stereocenters. The van der Waals surface area contributed by atoms with E-state index < -0.39 is 0 Å². The van der Waals surface area contributed by atoms with E-state index in [0.717, 1.165) is 70.5 Å². The molecule has 4 aromatic heterocycles. The van der Waals surface area contributed by atoms with E-state index in [-0.39, 0.29) is 11.6 Å². The molecule has 4 atom stereocenters. The molecule has 4 aliphatic rings. The van der Waals surface area contributed by atoms with Crippen molar-refractivity contribution in [2.45, 2.75) is 60.7 Å². The normalized spacial score (nSPS) is 23.3. The van der Waals surface area contributed by atoms with E-state index in [4.69, 9.17) is 0 Å². The molecule has 2 aromatic carbocycles. The summed E-state index contributed by atoms with van der Waals surface area (Å²) in [6, 6.07) is 22.1. The molecule has 312 valence electrons. The number of benzene rings is 2. The second-order valence-corrected chi connectivity index (χ2v) is 19.1. The Balaban J connectivity index is 0.000000154. The zero-order chi connectivity index (χ0) is 41.1. The Hall–Kier alpha value is -4.50. The van der Waals surface area contributed by atoms with Gasteiger partial charge >= 0.3 is 0 Å². The summed E-state index contributed by atoms with van der Waals surface area (Å²) in [7, 11) is 4.02. The van der Waals surface area contributed by atoms with Crippen molar-refractivity contribution < 1.29 is 8.78 Å². The number of nitrogens with zero attached hydrogens (tertiary/aromatic N) is 10. The van der Waals surface area contributed by atoms with Crippen molar-refractivity contribution in [2.24, 2.45) is 24.9 Å². The van der Waals surface area contributed by atoms with Gasteiger partial charge in [-0.15, -0.1) is 20.4 Å². The van der Waals surface area contributed by atoms with Crippen LogP contribution in [0, 0.1) is 22.5 Å². The van der Waals surface area contributed by atoms with Crippen molar-refractivity contribution in [1.82, 2.24) is 49.3 Å². The highest BCUT2D eigenvalue weighted by Crippen LogP contribution is 2.65. The van der Waals surface area contributed by atoms with Gasteiger partial charge in [0.2, 0.25) is 0 Å². The molecule has 2 spiro atoms. The predicted molar refractivity (Wildman–Crippen MR) is 234 cm³/mol. The average molecular weight is 847 g/mol. The fourth-order valence-electron chi connectivity index (χ4n) is 9.56. The van der Waals surface area contributed by atoms with Gasteiger partial charge in [0.05, 0.1) is 0 Å². The van der Waals surface area contributed by atoms with Crippen LogP contribution in [0.15, 0.2) is 108 Å². The summed E-state index contributed by atoms with van der Waals surface area (Å²) in [4.78, 5) is 13.5. The molecule has 10 rings (SSSR count). The van der Waals surface area contributed by atoms with E-state index in [1.165, 1.54) is 63.0 Å². The third kappa shape index (κ3) is 9.07. The van der Waals surface area contributed by atoms with Crippen molar-refractivity contribution in [2.75, 3.05) is 50.8 Å². The largest absolute Gasteiger partial charge is 0.305 e. The number of hydrogen-bond acceptors (Lipinski definition) is 10. The van der Waals surface area contributed by atoms with Crippen molar-refractivity contribution in [3.8, 4) is 22.8 Å². The first-order chi connectivity index (χ1) is 29.3. The smallest absolute Gasteiger partial charge is 0.191 e. The van der Waals surface area contributed by atoms with Crippen LogP contribution in [0.3, 0.4) is 0 Å². The van der Waals surface area contributed by atoms with E-state index in [2.05, 4.69) is 40.2 Å². The molecule has 6 aromatic rings. The molecule has 0 amide bonds. The lowest BCUT2D eigenvalue weighted by Crippen LogP contribution is -2.23. The third-order valence-electron chi connectivity index (χ3n) is 13.1. The molecule has 6 heterocycles. The fraction of sp³-hybridized carbons (Fsp3) is 0.435. The van der Waals surface area contributed by atoms with Crippen LogP contribution in [-0.2, 0) is 14.1 Å². The van der Waals surface area contributed by atoms with Crippen LogP contribution in [0.5, 0.6) is 0 Å². The SMILES string of the molecule is Cn1c(SCCCN2CC[C@@]3(C[C@H]3c3ccc(F)cc3)C2)nnc1-c1cccnc1.Cn1c(SCCCN2CC[C@]3(C[C@@H]3c3ccc(F)cc3)C2)nnc1-c1cccnc1. The van der Waals surface area contributed by atoms with Crippen LogP contribution < -0.4 is 0 Å². The first-order valence-electron chi connectivity index (χ1n) is 21.1. The van der Waals surface area contributed by atoms with E-state index in [9.17, 15) is 8.78 Å². The summed E-state index contributed by atoms with van der Waals surface area (Å²) in [6.07, 6.45) is 14.5. The highest BCUT2D eigenvalue weighted by atomic mass is 32.2. The summed E-state index contributed by atoms with van der Waals surface area (Å²) >= 11 is 3.53. The third-order valence-corrected chi connectivity index (χ3v) is 15.3. The van der Waals surface area contributed by atoms with E-state index >= 15 is 0 Å². The van der Waals surface area contributed by atoms with Crippen LogP contribution in [0.25, 0.3) is 22.8 Å².